The number of hydrogen-bond acceptors (Lipinski definition) is 0. The van der Waals surface area contributed by atoms with Crippen molar-refractivity contribution < 1.29 is 54.9 Å². The summed E-state index contributed by atoms with van der Waals surface area (Å²) in [6.07, 6.45) is 11.1. The van der Waals surface area contributed by atoms with Crippen LogP contribution in [0.5, 0.6) is 0 Å². The Morgan fingerprint density at radius 1 is 0.600 bits per heavy atom. The number of benzene rings is 4. The van der Waals surface area contributed by atoms with E-state index in [4.69, 9.17) is 0 Å². The number of allylic oxidation sites excluding steroid dienone is 8. The minimum atomic E-state index is -3.43. The molecule has 4 aromatic carbocycles. The molecule has 4 aromatic rings. The van der Waals surface area contributed by atoms with Crippen molar-refractivity contribution in [2.45, 2.75) is 118 Å². The van der Waals surface area contributed by atoms with E-state index < -0.39 is 21.3 Å². The van der Waals surface area contributed by atoms with E-state index in [0.717, 1.165) is 17.5 Å². The van der Waals surface area contributed by atoms with E-state index in [1.807, 2.05) is 12.1 Å². The minimum Gasteiger partial charge on any atom is -1.00 e. The minimum absolute atomic E-state index is 0. The van der Waals surface area contributed by atoms with E-state index in [0.29, 0.717) is 0 Å². The van der Waals surface area contributed by atoms with Gasteiger partial charge in [0.2, 0.25) is 0 Å². The number of halogens is 4. The van der Waals surface area contributed by atoms with Crippen molar-refractivity contribution in [3.05, 3.63) is 162 Å². The Hall–Kier alpha value is -2.97. The standard InChI is InChI=1S/C31H37.C13H8F2.C11H17.2ClH.Zr/c1-28(2,3)26-16-30(7,8)24-12-18-11-19-13-25-23(15-21(19)20(18)14-22(24)26)27(29(4,5)6)17-31(25,9)10;14-12-5-1-3-10(8-12)7-11-4-2-6-13(15)9-11;1-5-9-6-7-10(8-9)11(2,3)4;;;/h11-17H,1-10H3;1-6,8-9H;7-9H,5H2,1-4H3;2*1H;/q;;;;;+2/p-2. The molecule has 60 heavy (non-hydrogen) atoms. The van der Waals surface area contributed by atoms with Crippen molar-refractivity contribution in [2.75, 3.05) is 0 Å². The van der Waals surface area contributed by atoms with Crippen LogP contribution in [0.3, 0.4) is 0 Å². The fourth-order valence-electron chi connectivity index (χ4n) is 10.4. The van der Waals surface area contributed by atoms with Crippen molar-refractivity contribution in [3.8, 4) is 11.1 Å². The maximum atomic E-state index is 15.6. The van der Waals surface area contributed by atoms with Gasteiger partial charge in [0.05, 0.1) is 0 Å². The van der Waals surface area contributed by atoms with E-state index in [1.54, 1.807) is 12.1 Å². The number of rotatable bonds is 5. The molecule has 1 atom stereocenters. The molecular formula is C55H62Cl2F2Zr. The zero-order valence-corrected chi connectivity index (χ0v) is 42.1. The summed E-state index contributed by atoms with van der Waals surface area (Å²) < 4.78 is 34.0. The van der Waals surface area contributed by atoms with E-state index in [2.05, 4.69) is 158 Å². The molecule has 5 heteroatoms. The second kappa shape index (κ2) is 15.7. The zero-order valence-electron chi connectivity index (χ0n) is 38.1. The third-order valence-corrected chi connectivity index (χ3v) is 21.9. The summed E-state index contributed by atoms with van der Waals surface area (Å²) in [5.74, 6) is -0.265. The molecule has 4 aliphatic rings. The number of fused-ring (bicyclic) bond motifs is 5. The molecule has 0 radical (unpaired) electrons. The summed E-state index contributed by atoms with van der Waals surface area (Å²) in [6.45, 7) is 32.8. The van der Waals surface area contributed by atoms with Crippen molar-refractivity contribution in [1.82, 2.24) is 0 Å². The van der Waals surface area contributed by atoms with Crippen LogP contribution in [0.4, 0.5) is 8.78 Å². The average Bonchev–Trinajstić information content (AvgIpc) is 3.83. The monoisotopic (exact) mass is 920 g/mol. The third kappa shape index (κ3) is 7.85. The Morgan fingerprint density at radius 3 is 1.40 bits per heavy atom. The molecule has 0 saturated carbocycles. The van der Waals surface area contributed by atoms with Crippen LogP contribution in [0.25, 0.3) is 22.3 Å². The second-order valence-corrected chi connectivity index (χ2v) is 27.9. The Labute approximate surface area is 379 Å². The van der Waals surface area contributed by atoms with E-state index in [1.165, 1.54) is 79.8 Å². The summed E-state index contributed by atoms with van der Waals surface area (Å²) in [7, 11) is 0. The van der Waals surface area contributed by atoms with Crippen LogP contribution < -0.4 is 24.8 Å². The van der Waals surface area contributed by atoms with Gasteiger partial charge in [0.1, 0.15) is 0 Å². The van der Waals surface area contributed by atoms with Gasteiger partial charge in [-0.3, -0.25) is 0 Å². The fourth-order valence-corrected chi connectivity index (χ4v) is 20.1. The van der Waals surface area contributed by atoms with Gasteiger partial charge in [0.25, 0.3) is 0 Å². The van der Waals surface area contributed by atoms with Gasteiger partial charge >= 0.3 is 358 Å². The summed E-state index contributed by atoms with van der Waals surface area (Å²) in [6, 6.07) is 24.6. The molecule has 1 unspecified atom stereocenters. The molecule has 0 fully saturated rings. The average molecular weight is 923 g/mol. The van der Waals surface area contributed by atoms with Gasteiger partial charge in [-0.05, 0) is 0 Å². The molecule has 4 aliphatic carbocycles. The SMILES string of the molecule is CCC1C=C(C(C)(C)C)C=[C]1[Zr+2](=[C](c1cccc(F)c1)c1cccc(F)c1)[CH]1c2cc3c(cc2-c2cc4c(cc21)C(C)(C)C=C4C(C)(C)C)C(C(C)(C)C)=CC3(C)C.[Cl-].[Cl-]. The summed E-state index contributed by atoms with van der Waals surface area (Å²) in [5, 5.41) is 0. The largest absolute Gasteiger partial charge is 1.00 e. The van der Waals surface area contributed by atoms with Crippen LogP contribution in [-0.2, 0) is 32.1 Å². The van der Waals surface area contributed by atoms with Crippen LogP contribution in [-0.4, -0.2) is 3.21 Å². The Morgan fingerprint density at radius 2 is 1.03 bits per heavy atom. The molecule has 0 spiro atoms. The molecular weight excluding hydrogens is 861 g/mol. The van der Waals surface area contributed by atoms with Crippen LogP contribution >= 0.6 is 0 Å². The number of hydrogen-bond donors (Lipinski definition) is 0. The first-order valence-corrected chi connectivity index (χ1v) is 25.3. The van der Waals surface area contributed by atoms with Gasteiger partial charge in [-0.2, -0.15) is 0 Å². The van der Waals surface area contributed by atoms with Crippen molar-refractivity contribution in [2.24, 2.45) is 22.2 Å². The maximum absolute atomic E-state index is 15.6. The second-order valence-electron chi connectivity index (χ2n) is 21.8. The molecule has 0 bridgehead atoms. The van der Waals surface area contributed by atoms with E-state index in [-0.39, 0.29) is 73.1 Å². The smallest absolute Gasteiger partial charge is 1.00 e. The van der Waals surface area contributed by atoms with Crippen LogP contribution in [0.2, 0.25) is 0 Å². The predicted molar refractivity (Wildman–Crippen MR) is 240 cm³/mol. The quantitative estimate of drug-likeness (QED) is 0.188. The zero-order chi connectivity index (χ0) is 42.1. The first kappa shape index (κ1) is 46.5. The first-order valence-electron chi connectivity index (χ1n) is 21.5. The topological polar surface area (TPSA) is 0 Å². The third-order valence-electron chi connectivity index (χ3n) is 13.4. The summed E-state index contributed by atoms with van der Waals surface area (Å²) >= 11 is -3.43. The van der Waals surface area contributed by atoms with Gasteiger partial charge in [-0.1, -0.05) is 0 Å². The Kier molecular flexibility index (Phi) is 12.2. The normalized spacial score (nSPS) is 18.4. The first-order chi connectivity index (χ1) is 26.9. The van der Waals surface area contributed by atoms with E-state index in [9.17, 15) is 0 Å². The van der Waals surface area contributed by atoms with Gasteiger partial charge < -0.3 is 24.8 Å². The predicted octanol–water partition coefficient (Wildman–Crippen LogP) is 9.27. The van der Waals surface area contributed by atoms with Crippen LogP contribution in [0, 0.1) is 33.8 Å². The maximum Gasteiger partial charge on any atom is -1.00 e. The van der Waals surface area contributed by atoms with E-state index >= 15 is 8.78 Å². The Balaban J connectivity index is 0.00000302. The van der Waals surface area contributed by atoms with Crippen molar-refractivity contribution in [3.63, 3.8) is 0 Å². The van der Waals surface area contributed by atoms with Crippen molar-refractivity contribution in [1.29, 1.82) is 0 Å². The molecule has 0 nitrogen and oxygen atoms in total. The van der Waals surface area contributed by atoms with Gasteiger partial charge in [0.15, 0.2) is 0 Å². The van der Waals surface area contributed by atoms with Crippen LogP contribution in [0.1, 0.15) is 151 Å². The van der Waals surface area contributed by atoms with Gasteiger partial charge in [-0.15, -0.1) is 0 Å². The Bertz CT molecular complexity index is 2430. The molecule has 0 aromatic heterocycles. The van der Waals surface area contributed by atoms with Gasteiger partial charge in [0, 0.05) is 0 Å². The molecule has 0 amide bonds. The fraction of sp³-hybridized carbons (Fsp3) is 0.400. The molecule has 314 valence electrons. The molecule has 8 rings (SSSR count). The van der Waals surface area contributed by atoms with Crippen molar-refractivity contribution >= 4 is 14.4 Å². The molecule has 0 aliphatic heterocycles. The molecule has 0 N–H and O–H groups in total. The molecule has 0 saturated heterocycles. The summed E-state index contributed by atoms with van der Waals surface area (Å²) in [5.41, 5.74) is 16.6. The summed E-state index contributed by atoms with van der Waals surface area (Å²) in [4.78, 5) is 0. The van der Waals surface area contributed by atoms with Gasteiger partial charge in [-0.25, -0.2) is 0 Å². The van der Waals surface area contributed by atoms with Crippen LogP contribution in [0.15, 0.2) is 106 Å². The molecule has 0 heterocycles.